The first kappa shape index (κ1) is 10.6. The van der Waals surface area contributed by atoms with Crippen molar-refractivity contribution in [2.45, 2.75) is 33.1 Å². The fraction of sp³-hybridized carbons (Fsp3) is 0.750. The van der Waals surface area contributed by atoms with Crippen molar-refractivity contribution in [3.63, 3.8) is 0 Å². The first-order valence-corrected chi connectivity index (χ1v) is 4.27. The molecule has 64 valence electrons. The van der Waals surface area contributed by atoms with Gasteiger partial charge >= 0.3 is 0 Å². The van der Waals surface area contributed by atoms with E-state index < -0.39 is 0 Å². The predicted molar refractivity (Wildman–Crippen MR) is 50.8 cm³/mol. The third kappa shape index (κ3) is 9.56. The molecule has 0 radical (unpaired) electrons. The molecule has 0 saturated carbocycles. The van der Waals surface area contributed by atoms with Crippen LogP contribution in [0.5, 0.6) is 0 Å². The molecule has 0 aromatic rings. The van der Waals surface area contributed by atoms with Crippen LogP contribution in [-0.4, -0.2) is 17.3 Å². The van der Waals surface area contributed by atoms with Gasteiger partial charge in [-0.25, -0.2) is 0 Å². The van der Waals surface area contributed by atoms with E-state index in [9.17, 15) is 4.79 Å². The van der Waals surface area contributed by atoms with Crippen molar-refractivity contribution in [3.8, 4) is 0 Å². The number of hydrogen-bond acceptors (Lipinski definition) is 2. The number of thiocarbonyl (C=S) groups is 1. The summed E-state index contributed by atoms with van der Waals surface area (Å²) in [5, 5.41) is 2.74. The van der Waals surface area contributed by atoms with Crippen LogP contribution in [0.15, 0.2) is 0 Å². The van der Waals surface area contributed by atoms with Crippen molar-refractivity contribution in [3.05, 3.63) is 0 Å². The minimum absolute atomic E-state index is 0.0454. The highest BCUT2D eigenvalue weighted by molar-refractivity contribution is 7.80. The predicted octanol–water partition coefficient (Wildman–Crippen LogP) is 1.68. The van der Waals surface area contributed by atoms with Crippen molar-refractivity contribution >= 4 is 23.0 Å². The van der Waals surface area contributed by atoms with Gasteiger partial charge in [0.2, 0.25) is 5.91 Å². The van der Waals surface area contributed by atoms with Crippen LogP contribution >= 0.6 is 12.2 Å². The summed E-state index contributed by atoms with van der Waals surface area (Å²) in [6, 6.07) is 0. The van der Waals surface area contributed by atoms with Crippen LogP contribution in [0, 0.1) is 0 Å². The Morgan fingerprint density at radius 1 is 1.36 bits per heavy atom. The number of hydrogen-bond donors (Lipinski definition) is 1. The molecular formula is C8H15NOS. The number of rotatable bonds is 5. The van der Waals surface area contributed by atoms with Gasteiger partial charge in [0.25, 0.3) is 0 Å². The third-order valence-electron chi connectivity index (χ3n) is 1.33. The van der Waals surface area contributed by atoms with Gasteiger partial charge in [0.15, 0.2) is 0 Å². The number of amides is 1. The summed E-state index contributed by atoms with van der Waals surface area (Å²) in [4.78, 5) is 11.5. The Hall–Kier alpha value is -0.440. The van der Waals surface area contributed by atoms with Crippen molar-refractivity contribution in [2.75, 3.05) is 6.54 Å². The number of unbranched alkanes of at least 4 members (excludes halogenated alkanes) is 1. The lowest BCUT2D eigenvalue weighted by Gasteiger charge is -2.00. The van der Waals surface area contributed by atoms with Gasteiger partial charge in [0.05, 0.1) is 0 Å². The maximum atomic E-state index is 10.4. The standard InChI is InChI=1S/C8H15NOS/c1-7(11)5-3-4-6-9-8(2)10/h3-6H2,1-2H3,(H,9,10). The van der Waals surface area contributed by atoms with Crippen LogP contribution in [0.1, 0.15) is 33.1 Å². The van der Waals surface area contributed by atoms with E-state index in [2.05, 4.69) is 5.32 Å². The zero-order valence-electron chi connectivity index (χ0n) is 7.14. The molecule has 0 spiro atoms. The minimum Gasteiger partial charge on any atom is -0.356 e. The van der Waals surface area contributed by atoms with Gasteiger partial charge in [0, 0.05) is 13.5 Å². The molecule has 0 heterocycles. The van der Waals surface area contributed by atoms with Crippen LogP contribution < -0.4 is 5.32 Å². The molecule has 0 aliphatic heterocycles. The number of nitrogens with one attached hydrogen (secondary N) is 1. The zero-order valence-corrected chi connectivity index (χ0v) is 7.96. The van der Waals surface area contributed by atoms with Gasteiger partial charge in [-0.2, -0.15) is 0 Å². The second-order valence-corrected chi connectivity index (χ2v) is 3.34. The van der Waals surface area contributed by atoms with Gasteiger partial charge in [-0.1, -0.05) is 12.2 Å². The SMILES string of the molecule is CC(=O)NCCCCC(C)=S. The van der Waals surface area contributed by atoms with Gasteiger partial charge in [-0.3, -0.25) is 4.79 Å². The molecule has 2 nitrogen and oxygen atoms in total. The first-order chi connectivity index (χ1) is 5.13. The van der Waals surface area contributed by atoms with Gasteiger partial charge < -0.3 is 5.32 Å². The van der Waals surface area contributed by atoms with Crippen LogP contribution in [0.25, 0.3) is 0 Å². The largest absolute Gasteiger partial charge is 0.356 e. The smallest absolute Gasteiger partial charge is 0.216 e. The van der Waals surface area contributed by atoms with Crippen molar-refractivity contribution in [2.24, 2.45) is 0 Å². The van der Waals surface area contributed by atoms with E-state index in [-0.39, 0.29) is 5.91 Å². The third-order valence-corrected chi connectivity index (χ3v) is 1.53. The van der Waals surface area contributed by atoms with E-state index in [1.54, 1.807) is 0 Å². The Morgan fingerprint density at radius 3 is 2.45 bits per heavy atom. The highest BCUT2D eigenvalue weighted by Crippen LogP contribution is 1.95. The van der Waals surface area contributed by atoms with Crippen LogP contribution in [0.4, 0.5) is 0 Å². The van der Waals surface area contributed by atoms with Crippen molar-refractivity contribution < 1.29 is 4.79 Å². The van der Waals surface area contributed by atoms with Gasteiger partial charge in [-0.05, 0) is 31.1 Å². The molecule has 0 saturated heterocycles. The van der Waals surface area contributed by atoms with Crippen LogP contribution in [0.2, 0.25) is 0 Å². The molecule has 0 aromatic heterocycles. The second-order valence-electron chi connectivity index (χ2n) is 2.64. The van der Waals surface area contributed by atoms with E-state index >= 15 is 0 Å². The lowest BCUT2D eigenvalue weighted by atomic mass is 10.2. The van der Waals surface area contributed by atoms with Crippen LogP contribution in [-0.2, 0) is 4.79 Å². The zero-order chi connectivity index (χ0) is 8.69. The fourth-order valence-corrected chi connectivity index (χ4v) is 0.908. The van der Waals surface area contributed by atoms with Gasteiger partial charge in [0.1, 0.15) is 0 Å². The molecule has 11 heavy (non-hydrogen) atoms. The highest BCUT2D eigenvalue weighted by atomic mass is 32.1. The van der Waals surface area contributed by atoms with E-state index in [0.717, 1.165) is 30.7 Å². The summed E-state index contributed by atoms with van der Waals surface area (Å²) in [5.74, 6) is 0.0454. The summed E-state index contributed by atoms with van der Waals surface area (Å²) in [5.41, 5.74) is 0. The van der Waals surface area contributed by atoms with Crippen LogP contribution in [0.3, 0.4) is 0 Å². The Morgan fingerprint density at radius 2 is 2.00 bits per heavy atom. The molecule has 0 bridgehead atoms. The van der Waals surface area contributed by atoms with Gasteiger partial charge in [-0.15, -0.1) is 0 Å². The molecule has 0 aliphatic carbocycles. The molecule has 1 amide bonds. The Labute approximate surface area is 73.4 Å². The normalized spacial score (nSPS) is 9.27. The second kappa shape index (κ2) is 6.28. The molecule has 0 unspecified atom stereocenters. The Kier molecular flexibility index (Phi) is 6.03. The molecule has 0 aliphatic rings. The maximum Gasteiger partial charge on any atom is 0.216 e. The average molecular weight is 173 g/mol. The Balaban J connectivity index is 3.03. The lowest BCUT2D eigenvalue weighted by molar-refractivity contribution is -0.118. The molecule has 0 atom stereocenters. The number of carbonyl (C=O) groups is 1. The molecule has 3 heteroatoms. The summed E-state index contributed by atoms with van der Waals surface area (Å²) in [6.45, 7) is 4.26. The lowest BCUT2D eigenvalue weighted by Crippen LogP contribution is -2.20. The summed E-state index contributed by atoms with van der Waals surface area (Å²) >= 11 is 4.91. The molecular weight excluding hydrogens is 158 g/mol. The highest BCUT2D eigenvalue weighted by Gasteiger charge is 1.91. The van der Waals surface area contributed by atoms with E-state index in [1.807, 2.05) is 6.92 Å². The van der Waals surface area contributed by atoms with Crippen molar-refractivity contribution in [1.82, 2.24) is 5.32 Å². The first-order valence-electron chi connectivity index (χ1n) is 3.87. The van der Waals surface area contributed by atoms with E-state index in [4.69, 9.17) is 12.2 Å². The minimum atomic E-state index is 0.0454. The van der Waals surface area contributed by atoms with Crippen molar-refractivity contribution in [1.29, 1.82) is 0 Å². The molecule has 0 aromatic carbocycles. The summed E-state index contributed by atoms with van der Waals surface area (Å²) in [7, 11) is 0. The van der Waals surface area contributed by atoms with E-state index in [1.165, 1.54) is 6.92 Å². The average Bonchev–Trinajstić information content (AvgIpc) is 1.85. The molecule has 1 N–H and O–H groups in total. The monoisotopic (exact) mass is 173 g/mol. The summed E-state index contributed by atoms with van der Waals surface area (Å²) < 4.78 is 0. The van der Waals surface area contributed by atoms with E-state index in [0.29, 0.717) is 0 Å². The maximum absolute atomic E-state index is 10.4. The number of carbonyl (C=O) groups excluding carboxylic acids is 1. The quantitative estimate of drug-likeness (QED) is 0.506. The Bertz CT molecular complexity index is 129. The molecule has 0 fully saturated rings. The fourth-order valence-electron chi connectivity index (χ4n) is 0.763. The summed E-state index contributed by atoms with van der Waals surface area (Å²) in [6.07, 6.45) is 3.10. The molecule has 0 rings (SSSR count). The topological polar surface area (TPSA) is 29.1 Å².